The van der Waals surface area contributed by atoms with Crippen molar-refractivity contribution in [2.75, 3.05) is 31.6 Å². The molecule has 1 saturated heterocycles. The number of anilines is 1. The molecule has 0 radical (unpaired) electrons. The van der Waals surface area contributed by atoms with Gasteiger partial charge in [0.25, 0.3) is 0 Å². The summed E-state index contributed by atoms with van der Waals surface area (Å²) in [7, 11) is 1.77. The second-order valence-corrected chi connectivity index (χ2v) is 8.26. The molecule has 5 nitrogen and oxygen atoms in total. The van der Waals surface area contributed by atoms with Gasteiger partial charge in [0.1, 0.15) is 0 Å². The lowest BCUT2D eigenvalue weighted by Gasteiger charge is -2.18. The average Bonchev–Trinajstić information content (AvgIpc) is 3.34. The van der Waals surface area contributed by atoms with Gasteiger partial charge in [-0.1, -0.05) is 29.3 Å². The minimum absolute atomic E-state index is 0.0620. The molecule has 0 spiro atoms. The molecule has 3 rings (SSSR count). The fourth-order valence-corrected chi connectivity index (χ4v) is 4.26. The smallest absolute Gasteiger partial charge is 0.191 e. The van der Waals surface area contributed by atoms with E-state index in [0.717, 1.165) is 48.4 Å². The van der Waals surface area contributed by atoms with E-state index in [1.807, 2.05) is 18.2 Å². The first-order chi connectivity index (χ1) is 13.1. The molecule has 1 atom stereocenters. The lowest BCUT2D eigenvalue weighted by atomic mass is 10.1. The summed E-state index contributed by atoms with van der Waals surface area (Å²) in [5.41, 5.74) is 2.18. The Labute approximate surface area is 174 Å². The van der Waals surface area contributed by atoms with Crippen LogP contribution in [0.25, 0.3) is 0 Å². The molecule has 2 aromatic rings. The Morgan fingerprint density at radius 3 is 2.78 bits per heavy atom. The number of hydrogen-bond acceptors (Lipinski definition) is 4. The Morgan fingerprint density at radius 2 is 2.07 bits per heavy atom. The van der Waals surface area contributed by atoms with Gasteiger partial charge in [-0.15, -0.1) is 11.3 Å². The number of rotatable bonds is 6. The van der Waals surface area contributed by atoms with Crippen molar-refractivity contribution in [2.24, 2.45) is 4.99 Å². The lowest BCUT2D eigenvalue weighted by Crippen LogP contribution is -2.39. The number of nitrogens with one attached hydrogen (secondary N) is 2. The van der Waals surface area contributed by atoms with Gasteiger partial charge in [0.05, 0.1) is 21.8 Å². The van der Waals surface area contributed by atoms with Crippen LogP contribution in [0.4, 0.5) is 5.13 Å². The molecule has 1 aromatic carbocycles. The van der Waals surface area contributed by atoms with Crippen LogP contribution in [0.2, 0.25) is 10.0 Å². The number of nitrogens with zero attached hydrogens (tertiary/aromatic N) is 3. The molecule has 1 aliphatic heterocycles. The number of hydrogen-bond donors (Lipinski definition) is 2. The topological polar surface area (TPSA) is 52.6 Å². The first-order valence-corrected chi connectivity index (χ1v) is 10.8. The van der Waals surface area contributed by atoms with E-state index in [0.29, 0.717) is 10.0 Å². The normalized spacial score (nSPS) is 15.9. The Kier molecular flexibility index (Phi) is 7.21. The minimum Gasteiger partial charge on any atom is -0.356 e. The average molecular weight is 426 g/mol. The molecule has 2 heterocycles. The Bertz CT molecular complexity index is 786. The summed E-state index contributed by atoms with van der Waals surface area (Å²) in [6.45, 7) is 5.11. The number of benzene rings is 1. The first-order valence-electron chi connectivity index (χ1n) is 9.18. The summed E-state index contributed by atoms with van der Waals surface area (Å²) < 4.78 is 0. The third-order valence-corrected chi connectivity index (χ3v) is 6.30. The van der Waals surface area contributed by atoms with E-state index < -0.39 is 0 Å². The van der Waals surface area contributed by atoms with Crippen LogP contribution in [0, 0.1) is 0 Å². The summed E-state index contributed by atoms with van der Waals surface area (Å²) in [4.78, 5) is 11.4. The van der Waals surface area contributed by atoms with Gasteiger partial charge in [0.15, 0.2) is 11.1 Å². The molecule has 1 unspecified atom stereocenters. The molecule has 1 aromatic heterocycles. The molecule has 0 bridgehead atoms. The van der Waals surface area contributed by atoms with E-state index in [4.69, 9.17) is 28.2 Å². The molecule has 0 aliphatic carbocycles. The van der Waals surface area contributed by atoms with Crippen molar-refractivity contribution >= 4 is 45.6 Å². The Hall–Kier alpha value is -1.50. The first kappa shape index (κ1) is 20.2. The van der Waals surface area contributed by atoms with Gasteiger partial charge >= 0.3 is 0 Å². The second kappa shape index (κ2) is 9.62. The van der Waals surface area contributed by atoms with Gasteiger partial charge in [0, 0.05) is 38.5 Å². The van der Waals surface area contributed by atoms with Crippen molar-refractivity contribution in [1.29, 1.82) is 0 Å². The Morgan fingerprint density at radius 1 is 1.30 bits per heavy atom. The summed E-state index contributed by atoms with van der Waals surface area (Å²) in [5.74, 6) is 0.753. The highest BCUT2D eigenvalue weighted by atomic mass is 35.5. The third kappa shape index (κ3) is 5.50. The van der Waals surface area contributed by atoms with Crippen LogP contribution in [0.1, 0.15) is 37.1 Å². The van der Waals surface area contributed by atoms with Crippen molar-refractivity contribution in [3.05, 3.63) is 44.9 Å². The van der Waals surface area contributed by atoms with Crippen LogP contribution in [0.5, 0.6) is 0 Å². The Balaban J connectivity index is 1.48. The molecule has 8 heteroatoms. The minimum atomic E-state index is 0.0620. The third-order valence-electron chi connectivity index (χ3n) is 4.61. The van der Waals surface area contributed by atoms with E-state index in [9.17, 15) is 0 Å². The molecule has 1 fully saturated rings. The van der Waals surface area contributed by atoms with Crippen LogP contribution < -0.4 is 15.5 Å². The van der Waals surface area contributed by atoms with Crippen LogP contribution in [0.15, 0.2) is 28.6 Å². The van der Waals surface area contributed by atoms with Gasteiger partial charge in [-0.2, -0.15) is 0 Å². The zero-order valence-corrected chi connectivity index (χ0v) is 18.0. The van der Waals surface area contributed by atoms with Gasteiger partial charge in [0.2, 0.25) is 0 Å². The van der Waals surface area contributed by atoms with E-state index in [1.165, 1.54) is 12.8 Å². The second-order valence-electron chi connectivity index (χ2n) is 6.60. The SMILES string of the molecule is CN=C(NCCc1csc(N2CCCC2)n1)NC(C)c1ccc(Cl)c(Cl)c1. The van der Waals surface area contributed by atoms with Crippen molar-refractivity contribution in [3.8, 4) is 0 Å². The molecular formula is C19H25Cl2N5S. The summed E-state index contributed by atoms with van der Waals surface area (Å²) >= 11 is 13.8. The predicted octanol–water partition coefficient (Wildman–Crippen LogP) is 4.52. The number of halogens is 2. The number of guanidine groups is 1. The van der Waals surface area contributed by atoms with E-state index in [-0.39, 0.29) is 6.04 Å². The fraction of sp³-hybridized carbons (Fsp3) is 0.474. The number of aromatic nitrogens is 1. The maximum absolute atomic E-state index is 6.11. The molecule has 146 valence electrons. The number of thiazole rings is 1. The van der Waals surface area contributed by atoms with Gasteiger partial charge < -0.3 is 15.5 Å². The van der Waals surface area contributed by atoms with Crippen molar-refractivity contribution < 1.29 is 0 Å². The zero-order chi connectivity index (χ0) is 19.2. The van der Waals surface area contributed by atoms with E-state index >= 15 is 0 Å². The van der Waals surface area contributed by atoms with Crippen LogP contribution in [-0.4, -0.2) is 37.6 Å². The van der Waals surface area contributed by atoms with Crippen LogP contribution in [0.3, 0.4) is 0 Å². The molecule has 0 saturated carbocycles. The van der Waals surface area contributed by atoms with E-state index in [2.05, 4.69) is 32.8 Å². The maximum Gasteiger partial charge on any atom is 0.191 e. The maximum atomic E-state index is 6.11. The van der Waals surface area contributed by atoms with E-state index in [1.54, 1.807) is 18.4 Å². The van der Waals surface area contributed by atoms with Gasteiger partial charge in [-0.25, -0.2) is 4.98 Å². The lowest BCUT2D eigenvalue weighted by molar-refractivity contribution is 0.683. The standard InChI is InChI=1S/C19H25Cl2N5S/c1-13(14-5-6-16(20)17(21)11-14)24-18(22-2)23-8-7-15-12-27-19(25-15)26-9-3-4-10-26/h5-6,11-13H,3-4,7-10H2,1-2H3,(H2,22,23,24). The monoisotopic (exact) mass is 425 g/mol. The molecule has 27 heavy (non-hydrogen) atoms. The summed E-state index contributed by atoms with van der Waals surface area (Å²) in [6, 6.07) is 5.72. The molecule has 2 N–H and O–H groups in total. The highest BCUT2D eigenvalue weighted by molar-refractivity contribution is 7.13. The van der Waals surface area contributed by atoms with Crippen LogP contribution >= 0.6 is 34.5 Å². The quantitative estimate of drug-likeness (QED) is 0.527. The molecule has 1 aliphatic rings. The number of aliphatic imine (C=N–C) groups is 1. The van der Waals surface area contributed by atoms with Crippen molar-refractivity contribution in [1.82, 2.24) is 15.6 Å². The van der Waals surface area contributed by atoms with Gasteiger partial charge in [-0.3, -0.25) is 4.99 Å². The molecular weight excluding hydrogens is 401 g/mol. The summed E-state index contributed by atoms with van der Waals surface area (Å²) in [5, 5.41) is 11.2. The highest BCUT2D eigenvalue weighted by Gasteiger charge is 2.15. The van der Waals surface area contributed by atoms with Crippen LogP contribution in [-0.2, 0) is 6.42 Å². The fourth-order valence-electron chi connectivity index (χ4n) is 3.04. The zero-order valence-electron chi connectivity index (χ0n) is 15.6. The predicted molar refractivity (Wildman–Crippen MR) is 117 cm³/mol. The largest absolute Gasteiger partial charge is 0.356 e. The summed E-state index contributed by atoms with van der Waals surface area (Å²) in [6.07, 6.45) is 3.41. The molecule has 0 amide bonds. The van der Waals surface area contributed by atoms with Crippen molar-refractivity contribution in [2.45, 2.75) is 32.2 Å². The highest BCUT2D eigenvalue weighted by Crippen LogP contribution is 2.26. The van der Waals surface area contributed by atoms with Gasteiger partial charge in [-0.05, 0) is 37.5 Å². The van der Waals surface area contributed by atoms with Crippen molar-refractivity contribution in [3.63, 3.8) is 0 Å².